The second-order valence-corrected chi connectivity index (χ2v) is 3.81. The van der Waals surface area contributed by atoms with Crippen molar-refractivity contribution >= 4 is 0 Å². The maximum atomic E-state index is 8.90. The number of aromatic nitrogens is 1. The Morgan fingerprint density at radius 3 is 3.00 bits per heavy atom. The molecule has 0 spiro atoms. The minimum absolute atomic E-state index is 0.169. The first-order chi connectivity index (χ1) is 7.77. The summed E-state index contributed by atoms with van der Waals surface area (Å²) in [4.78, 5) is 4.30. The first-order valence-electron chi connectivity index (χ1n) is 5.51. The number of ether oxygens (including phenoxy) is 1. The molecule has 0 bridgehead atoms. The Labute approximate surface area is 96.7 Å². The largest absolute Gasteiger partial charge is 0.396 e. The van der Waals surface area contributed by atoms with Gasteiger partial charge in [0.2, 0.25) is 0 Å². The standard InChI is InChI=1S/C12H20N2O2/c1-10-4-3-6-13-12(10)8-14-11(5-7-15)9-16-2/h3-4,6,11,14-15H,5,7-9H2,1-2H3. The van der Waals surface area contributed by atoms with Crippen molar-refractivity contribution in [2.45, 2.75) is 25.9 Å². The van der Waals surface area contributed by atoms with Crippen LogP contribution in [0.2, 0.25) is 0 Å². The van der Waals surface area contributed by atoms with Gasteiger partial charge in [-0.2, -0.15) is 0 Å². The van der Waals surface area contributed by atoms with E-state index in [1.165, 1.54) is 5.56 Å². The number of nitrogens with one attached hydrogen (secondary N) is 1. The number of aliphatic hydroxyl groups excluding tert-OH is 1. The molecule has 0 fully saturated rings. The second-order valence-electron chi connectivity index (χ2n) is 3.81. The van der Waals surface area contributed by atoms with Crippen LogP contribution in [0.25, 0.3) is 0 Å². The Bertz CT molecular complexity index is 299. The summed E-state index contributed by atoms with van der Waals surface area (Å²) in [5, 5.41) is 12.2. The molecule has 0 aliphatic heterocycles. The molecule has 1 rings (SSSR count). The van der Waals surface area contributed by atoms with Gasteiger partial charge in [-0.1, -0.05) is 6.07 Å². The van der Waals surface area contributed by atoms with E-state index in [1.54, 1.807) is 13.3 Å². The van der Waals surface area contributed by atoms with Crippen molar-refractivity contribution < 1.29 is 9.84 Å². The first-order valence-corrected chi connectivity index (χ1v) is 5.51. The van der Waals surface area contributed by atoms with Gasteiger partial charge in [-0.3, -0.25) is 4.98 Å². The summed E-state index contributed by atoms with van der Waals surface area (Å²) in [6.45, 7) is 3.52. The number of rotatable bonds is 7. The van der Waals surface area contributed by atoms with Crippen molar-refractivity contribution in [2.75, 3.05) is 20.3 Å². The Morgan fingerprint density at radius 1 is 1.56 bits per heavy atom. The van der Waals surface area contributed by atoms with Crippen LogP contribution in [-0.2, 0) is 11.3 Å². The molecule has 0 aromatic carbocycles. The molecular formula is C12H20N2O2. The van der Waals surface area contributed by atoms with Gasteiger partial charge in [-0.05, 0) is 25.0 Å². The van der Waals surface area contributed by atoms with E-state index in [9.17, 15) is 0 Å². The Balaban J connectivity index is 2.45. The summed E-state index contributed by atoms with van der Waals surface area (Å²) < 4.78 is 5.08. The first kappa shape index (κ1) is 13.1. The number of aliphatic hydroxyl groups is 1. The maximum absolute atomic E-state index is 8.90. The molecule has 1 heterocycles. The van der Waals surface area contributed by atoms with E-state index in [0.717, 1.165) is 5.69 Å². The van der Waals surface area contributed by atoms with Gasteiger partial charge in [0.25, 0.3) is 0 Å². The Morgan fingerprint density at radius 2 is 2.38 bits per heavy atom. The number of methoxy groups -OCH3 is 1. The van der Waals surface area contributed by atoms with Gasteiger partial charge in [-0.25, -0.2) is 0 Å². The molecule has 0 saturated heterocycles. The number of hydrogen-bond donors (Lipinski definition) is 2. The van der Waals surface area contributed by atoms with Crippen LogP contribution in [0.4, 0.5) is 0 Å². The summed E-state index contributed by atoms with van der Waals surface area (Å²) in [7, 11) is 1.66. The minimum Gasteiger partial charge on any atom is -0.396 e. The summed E-state index contributed by atoms with van der Waals surface area (Å²) >= 11 is 0. The molecule has 0 aliphatic carbocycles. The summed E-state index contributed by atoms with van der Waals surface area (Å²) in [5.74, 6) is 0. The zero-order chi connectivity index (χ0) is 11.8. The zero-order valence-corrected chi connectivity index (χ0v) is 9.94. The number of pyridine rings is 1. The molecule has 90 valence electrons. The molecule has 2 N–H and O–H groups in total. The van der Waals surface area contributed by atoms with Crippen LogP contribution in [0.5, 0.6) is 0 Å². The summed E-state index contributed by atoms with van der Waals surface area (Å²) in [5.41, 5.74) is 2.22. The molecule has 0 amide bonds. The van der Waals surface area contributed by atoms with E-state index in [4.69, 9.17) is 9.84 Å². The van der Waals surface area contributed by atoms with Gasteiger partial charge in [0.1, 0.15) is 0 Å². The average molecular weight is 224 g/mol. The lowest BCUT2D eigenvalue weighted by Gasteiger charge is -2.17. The number of nitrogens with zero attached hydrogens (tertiary/aromatic N) is 1. The quantitative estimate of drug-likeness (QED) is 0.722. The van der Waals surface area contributed by atoms with Gasteiger partial charge in [-0.15, -0.1) is 0 Å². The van der Waals surface area contributed by atoms with Crippen LogP contribution >= 0.6 is 0 Å². The van der Waals surface area contributed by atoms with Gasteiger partial charge < -0.3 is 15.2 Å². The highest BCUT2D eigenvalue weighted by Crippen LogP contribution is 2.03. The highest BCUT2D eigenvalue weighted by Gasteiger charge is 2.08. The molecule has 4 nitrogen and oxygen atoms in total. The molecule has 0 aliphatic rings. The minimum atomic E-state index is 0.169. The third kappa shape index (κ3) is 4.26. The number of hydrogen-bond acceptors (Lipinski definition) is 4. The lowest BCUT2D eigenvalue weighted by molar-refractivity contribution is 0.148. The van der Waals surface area contributed by atoms with Crippen LogP contribution in [0, 0.1) is 6.92 Å². The smallest absolute Gasteiger partial charge is 0.0616 e. The van der Waals surface area contributed by atoms with Crippen molar-refractivity contribution in [3.63, 3.8) is 0 Å². The summed E-state index contributed by atoms with van der Waals surface area (Å²) in [6.07, 6.45) is 2.49. The van der Waals surface area contributed by atoms with E-state index in [2.05, 4.69) is 10.3 Å². The van der Waals surface area contributed by atoms with Crippen LogP contribution in [0.15, 0.2) is 18.3 Å². The summed E-state index contributed by atoms with van der Waals surface area (Å²) in [6, 6.07) is 4.15. The number of aryl methyl sites for hydroxylation is 1. The van der Waals surface area contributed by atoms with E-state index in [1.807, 2.05) is 19.1 Å². The molecule has 1 aromatic heterocycles. The normalized spacial score (nSPS) is 12.7. The van der Waals surface area contributed by atoms with Crippen molar-refractivity contribution in [2.24, 2.45) is 0 Å². The molecular weight excluding hydrogens is 204 g/mol. The van der Waals surface area contributed by atoms with E-state index in [-0.39, 0.29) is 12.6 Å². The lowest BCUT2D eigenvalue weighted by atomic mass is 10.2. The third-order valence-electron chi connectivity index (χ3n) is 2.52. The fourth-order valence-corrected chi connectivity index (χ4v) is 1.55. The van der Waals surface area contributed by atoms with Crippen molar-refractivity contribution in [1.29, 1.82) is 0 Å². The van der Waals surface area contributed by atoms with Gasteiger partial charge in [0.15, 0.2) is 0 Å². The van der Waals surface area contributed by atoms with E-state index in [0.29, 0.717) is 19.6 Å². The molecule has 4 heteroatoms. The highest BCUT2D eigenvalue weighted by molar-refractivity contribution is 5.17. The SMILES string of the molecule is COCC(CCO)NCc1ncccc1C. The van der Waals surface area contributed by atoms with Crippen LogP contribution in [0.3, 0.4) is 0 Å². The van der Waals surface area contributed by atoms with Gasteiger partial charge >= 0.3 is 0 Å². The second kappa shape index (κ2) is 7.33. The van der Waals surface area contributed by atoms with E-state index < -0.39 is 0 Å². The molecule has 0 radical (unpaired) electrons. The monoisotopic (exact) mass is 224 g/mol. The maximum Gasteiger partial charge on any atom is 0.0616 e. The molecule has 1 aromatic rings. The van der Waals surface area contributed by atoms with Crippen molar-refractivity contribution in [3.8, 4) is 0 Å². The van der Waals surface area contributed by atoms with Gasteiger partial charge in [0.05, 0.1) is 12.3 Å². The Hall–Kier alpha value is -0.970. The van der Waals surface area contributed by atoms with Crippen LogP contribution in [-0.4, -0.2) is 36.5 Å². The predicted octanol–water partition coefficient (Wildman–Crippen LogP) is 0.877. The molecule has 16 heavy (non-hydrogen) atoms. The Kier molecular flexibility index (Phi) is 6.00. The lowest BCUT2D eigenvalue weighted by Crippen LogP contribution is -2.34. The molecule has 0 saturated carbocycles. The molecule has 1 atom stereocenters. The zero-order valence-electron chi connectivity index (χ0n) is 9.94. The van der Waals surface area contributed by atoms with E-state index >= 15 is 0 Å². The van der Waals surface area contributed by atoms with Crippen LogP contribution in [0.1, 0.15) is 17.7 Å². The van der Waals surface area contributed by atoms with Crippen molar-refractivity contribution in [3.05, 3.63) is 29.6 Å². The highest BCUT2D eigenvalue weighted by atomic mass is 16.5. The fraction of sp³-hybridized carbons (Fsp3) is 0.583. The predicted molar refractivity (Wildman–Crippen MR) is 63.2 cm³/mol. The average Bonchev–Trinajstić information content (AvgIpc) is 2.28. The molecule has 1 unspecified atom stereocenters. The van der Waals surface area contributed by atoms with Crippen LogP contribution < -0.4 is 5.32 Å². The van der Waals surface area contributed by atoms with Crippen molar-refractivity contribution in [1.82, 2.24) is 10.3 Å². The third-order valence-corrected chi connectivity index (χ3v) is 2.52. The van der Waals surface area contributed by atoms with Gasteiger partial charge in [0, 0.05) is 32.5 Å². The topological polar surface area (TPSA) is 54.4 Å². The fourth-order valence-electron chi connectivity index (χ4n) is 1.55.